The molecule has 0 spiro atoms. The van der Waals surface area contributed by atoms with Gasteiger partial charge in [0.25, 0.3) is 11.5 Å². The minimum atomic E-state index is -0.294. The highest BCUT2D eigenvalue weighted by molar-refractivity contribution is 5.99. The zero-order valence-corrected chi connectivity index (χ0v) is 17.6. The number of furan rings is 1. The molecular formula is C23H22N4O5. The topological polar surface area (TPSA) is 118 Å². The van der Waals surface area contributed by atoms with Crippen LogP contribution in [0.5, 0.6) is 11.5 Å². The first kappa shape index (κ1) is 21.0. The number of carbonyl (C=O) groups is 1. The number of aromatic amines is 1. The number of carbonyl (C=O) groups excluding carboxylic acids is 1. The summed E-state index contributed by atoms with van der Waals surface area (Å²) in [5.41, 5.74) is 1.26. The maximum absolute atomic E-state index is 12.6. The van der Waals surface area contributed by atoms with E-state index in [1.165, 1.54) is 14.2 Å². The van der Waals surface area contributed by atoms with Gasteiger partial charge in [0.05, 0.1) is 50.0 Å². The van der Waals surface area contributed by atoms with Gasteiger partial charge in [0.1, 0.15) is 11.6 Å². The van der Waals surface area contributed by atoms with Crippen LogP contribution in [-0.4, -0.2) is 30.1 Å². The van der Waals surface area contributed by atoms with E-state index in [1.54, 1.807) is 48.7 Å². The molecule has 3 N–H and O–H groups in total. The van der Waals surface area contributed by atoms with Crippen molar-refractivity contribution in [1.82, 2.24) is 15.3 Å². The molecule has 32 heavy (non-hydrogen) atoms. The standard InChI is InChI=1S/C23H22N4O5/c1-30-19-10-16-18(11-20(19)31-2)26-21(27-23(16)29)13-24-17-8-4-3-7-15(17)22(28)25-12-14-6-5-9-32-14/h3-11,24H,12-13H2,1-2H3,(H,25,28)(H,26,27,29). The smallest absolute Gasteiger partial charge is 0.258 e. The van der Waals surface area contributed by atoms with Crippen LogP contribution < -0.4 is 25.7 Å². The molecule has 0 bridgehead atoms. The third-order valence-corrected chi connectivity index (χ3v) is 4.88. The third-order valence-electron chi connectivity index (χ3n) is 4.88. The number of hydrogen-bond acceptors (Lipinski definition) is 7. The van der Waals surface area contributed by atoms with Crippen molar-refractivity contribution in [2.45, 2.75) is 13.1 Å². The number of hydrogen-bond donors (Lipinski definition) is 3. The lowest BCUT2D eigenvalue weighted by atomic mass is 10.1. The van der Waals surface area contributed by atoms with Gasteiger partial charge in [-0.25, -0.2) is 4.98 Å². The summed E-state index contributed by atoms with van der Waals surface area (Å²) >= 11 is 0. The molecule has 0 atom stereocenters. The normalized spacial score (nSPS) is 10.7. The molecule has 0 unspecified atom stereocenters. The number of amides is 1. The first-order valence-corrected chi connectivity index (χ1v) is 9.87. The number of nitrogens with zero attached hydrogens (tertiary/aromatic N) is 1. The molecule has 0 radical (unpaired) electrons. The summed E-state index contributed by atoms with van der Waals surface area (Å²) in [5, 5.41) is 6.39. The molecule has 2 aromatic carbocycles. The summed E-state index contributed by atoms with van der Waals surface area (Å²) in [4.78, 5) is 32.5. The molecule has 0 fully saturated rings. The number of ether oxygens (including phenoxy) is 2. The van der Waals surface area contributed by atoms with Crippen molar-refractivity contribution in [1.29, 1.82) is 0 Å². The van der Waals surface area contributed by atoms with Crippen LogP contribution in [0.25, 0.3) is 10.9 Å². The van der Waals surface area contributed by atoms with Crippen molar-refractivity contribution < 1.29 is 18.7 Å². The zero-order chi connectivity index (χ0) is 22.5. The monoisotopic (exact) mass is 434 g/mol. The van der Waals surface area contributed by atoms with Crippen molar-refractivity contribution in [2.75, 3.05) is 19.5 Å². The fourth-order valence-electron chi connectivity index (χ4n) is 3.29. The molecule has 0 aliphatic carbocycles. The molecule has 0 aliphatic heterocycles. The van der Waals surface area contributed by atoms with Gasteiger partial charge in [-0.1, -0.05) is 12.1 Å². The van der Waals surface area contributed by atoms with Gasteiger partial charge in [0.2, 0.25) is 0 Å². The molecule has 0 saturated carbocycles. The van der Waals surface area contributed by atoms with Gasteiger partial charge >= 0.3 is 0 Å². The van der Waals surface area contributed by atoms with E-state index in [0.29, 0.717) is 45.2 Å². The van der Waals surface area contributed by atoms with E-state index in [2.05, 4.69) is 20.6 Å². The quantitative estimate of drug-likeness (QED) is 0.390. The fraction of sp³-hybridized carbons (Fsp3) is 0.174. The van der Waals surface area contributed by atoms with Crippen LogP contribution in [0, 0.1) is 0 Å². The number of methoxy groups -OCH3 is 2. The SMILES string of the molecule is COc1cc2nc(CNc3ccccc3C(=O)NCc3ccco3)[nH]c(=O)c2cc1OC. The summed E-state index contributed by atoms with van der Waals surface area (Å²) in [6.45, 7) is 0.493. The lowest BCUT2D eigenvalue weighted by molar-refractivity contribution is 0.0949. The first-order chi connectivity index (χ1) is 15.6. The molecule has 2 aromatic heterocycles. The van der Waals surface area contributed by atoms with Crippen molar-refractivity contribution in [3.8, 4) is 11.5 Å². The minimum absolute atomic E-state index is 0.210. The van der Waals surface area contributed by atoms with Gasteiger partial charge in [-0.3, -0.25) is 9.59 Å². The Morgan fingerprint density at radius 1 is 1.06 bits per heavy atom. The lowest BCUT2D eigenvalue weighted by Crippen LogP contribution is -2.24. The van der Waals surface area contributed by atoms with Crippen LogP contribution in [0.1, 0.15) is 21.9 Å². The van der Waals surface area contributed by atoms with Gasteiger partial charge in [-0.2, -0.15) is 0 Å². The zero-order valence-electron chi connectivity index (χ0n) is 17.6. The maximum Gasteiger partial charge on any atom is 0.258 e. The molecule has 0 saturated heterocycles. The molecular weight excluding hydrogens is 412 g/mol. The van der Waals surface area contributed by atoms with Gasteiger partial charge < -0.3 is 29.5 Å². The van der Waals surface area contributed by atoms with Crippen molar-refractivity contribution >= 4 is 22.5 Å². The maximum atomic E-state index is 12.6. The Labute approximate surface area is 183 Å². The number of para-hydroxylation sites is 1. The van der Waals surface area contributed by atoms with E-state index in [9.17, 15) is 9.59 Å². The fourth-order valence-corrected chi connectivity index (χ4v) is 3.29. The number of benzene rings is 2. The van der Waals surface area contributed by atoms with Crippen LogP contribution >= 0.6 is 0 Å². The second-order valence-corrected chi connectivity index (χ2v) is 6.90. The Morgan fingerprint density at radius 2 is 1.84 bits per heavy atom. The molecule has 164 valence electrons. The summed E-state index contributed by atoms with van der Waals surface area (Å²) in [7, 11) is 3.03. The first-order valence-electron chi connectivity index (χ1n) is 9.87. The van der Waals surface area contributed by atoms with Gasteiger partial charge in [-0.05, 0) is 30.3 Å². The summed E-state index contributed by atoms with van der Waals surface area (Å²) in [6, 6.07) is 13.9. The largest absolute Gasteiger partial charge is 0.493 e. The van der Waals surface area contributed by atoms with Crippen LogP contribution in [0.3, 0.4) is 0 Å². The Kier molecular flexibility index (Phi) is 6.07. The predicted octanol–water partition coefficient (Wildman–Crippen LogP) is 3.08. The highest BCUT2D eigenvalue weighted by atomic mass is 16.5. The van der Waals surface area contributed by atoms with E-state index >= 15 is 0 Å². The average Bonchev–Trinajstić information content (AvgIpc) is 3.34. The van der Waals surface area contributed by atoms with Crippen molar-refractivity contribution in [3.63, 3.8) is 0 Å². The highest BCUT2D eigenvalue weighted by Crippen LogP contribution is 2.30. The number of H-pyrrole nitrogens is 1. The summed E-state index contributed by atoms with van der Waals surface area (Å²) in [6.07, 6.45) is 1.56. The molecule has 2 heterocycles. The Balaban J connectivity index is 1.53. The van der Waals surface area contributed by atoms with Gasteiger partial charge in [0, 0.05) is 11.8 Å². The molecule has 0 aliphatic rings. The second-order valence-electron chi connectivity index (χ2n) is 6.90. The molecule has 9 nitrogen and oxygen atoms in total. The Morgan fingerprint density at radius 3 is 2.59 bits per heavy atom. The Hall–Kier alpha value is -4.27. The van der Waals surface area contributed by atoms with E-state index in [0.717, 1.165) is 0 Å². The van der Waals surface area contributed by atoms with Gasteiger partial charge in [0.15, 0.2) is 11.5 Å². The number of fused-ring (bicyclic) bond motifs is 1. The van der Waals surface area contributed by atoms with Crippen LogP contribution in [-0.2, 0) is 13.1 Å². The molecule has 1 amide bonds. The highest BCUT2D eigenvalue weighted by Gasteiger charge is 2.13. The lowest BCUT2D eigenvalue weighted by Gasteiger charge is -2.12. The van der Waals surface area contributed by atoms with E-state index in [-0.39, 0.29) is 24.6 Å². The van der Waals surface area contributed by atoms with Crippen LogP contribution in [0.15, 0.2) is 64.0 Å². The third kappa shape index (κ3) is 4.41. The molecule has 4 rings (SSSR count). The summed E-state index contributed by atoms with van der Waals surface area (Å²) < 4.78 is 15.8. The van der Waals surface area contributed by atoms with Crippen LogP contribution in [0.4, 0.5) is 5.69 Å². The van der Waals surface area contributed by atoms with E-state index in [1.807, 2.05) is 6.07 Å². The number of aromatic nitrogens is 2. The molecule has 4 aromatic rings. The minimum Gasteiger partial charge on any atom is -0.493 e. The number of rotatable bonds is 8. The second kappa shape index (κ2) is 9.25. The predicted molar refractivity (Wildman–Crippen MR) is 119 cm³/mol. The van der Waals surface area contributed by atoms with Crippen molar-refractivity contribution in [2.24, 2.45) is 0 Å². The van der Waals surface area contributed by atoms with E-state index in [4.69, 9.17) is 13.9 Å². The number of anilines is 1. The van der Waals surface area contributed by atoms with Gasteiger partial charge in [-0.15, -0.1) is 0 Å². The summed E-state index contributed by atoms with van der Waals surface area (Å²) in [5.74, 6) is 1.76. The Bertz CT molecular complexity index is 1300. The van der Waals surface area contributed by atoms with Crippen molar-refractivity contribution in [3.05, 3.63) is 82.3 Å². The molecule has 9 heteroatoms. The number of nitrogens with one attached hydrogen (secondary N) is 3. The average molecular weight is 434 g/mol. The van der Waals surface area contributed by atoms with E-state index < -0.39 is 0 Å². The van der Waals surface area contributed by atoms with Crippen LogP contribution in [0.2, 0.25) is 0 Å².